The number of ether oxygens (including phenoxy) is 1. The van der Waals surface area contributed by atoms with Gasteiger partial charge in [-0.2, -0.15) is 0 Å². The Morgan fingerprint density at radius 1 is 1.31 bits per heavy atom. The number of imidazole rings is 1. The maximum atomic E-state index is 14.5. The number of benzene rings is 2. The first-order valence-corrected chi connectivity index (χ1v) is 9.44. The van der Waals surface area contributed by atoms with E-state index in [-0.39, 0.29) is 5.91 Å². The van der Waals surface area contributed by atoms with E-state index in [4.69, 9.17) is 4.74 Å². The molecule has 1 aliphatic rings. The van der Waals surface area contributed by atoms with Gasteiger partial charge in [-0.3, -0.25) is 4.79 Å². The molecule has 5 nitrogen and oxygen atoms in total. The van der Waals surface area contributed by atoms with Gasteiger partial charge in [0.25, 0.3) is 0 Å². The number of hydrogen-bond donors (Lipinski definition) is 1. The molecule has 29 heavy (non-hydrogen) atoms. The third kappa shape index (κ3) is 3.92. The Hall–Kier alpha value is -3.41. The molecule has 0 fully saturated rings. The van der Waals surface area contributed by atoms with Gasteiger partial charge in [0, 0.05) is 12.3 Å². The lowest BCUT2D eigenvalue weighted by Crippen LogP contribution is -2.35. The topological polar surface area (TPSA) is 56.1 Å². The summed E-state index contributed by atoms with van der Waals surface area (Å²) >= 11 is 0. The van der Waals surface area contributed by atoms with Crippen molar-refractivity contribution in [1.82, 2.24) is 14.9 Å². The molecular weight excluding hydrogens is 369 g/mol. The second-order valence-corrected chi connectivity index (χ2v) is 7.11. The Morgan fingerprint density at radius 2 is 2.14 bits per heavy atom. The zero-order valence-corrected chi connectivity index (χ0v) is 16.3. The van der Waals surface area contributed by atoms with E-state index in [1.54, 1.807) is 25.6 Å². The van der Waals surface area contributed by atoms with Crippen LogP contribution in [0.3, 0.4) is 0 Å². The van der Waals surface area contributed by atoms with E-state index in [9.17, 15) is 9.18 Å². The minimum Gasteiger partial charge on any atom is -0.495 e. The molecule has 1 aliphatic carbocycles. The monoisotopic (exact) mass is 391 g/mol. The number of amides is 1. The highest BCUT2D eigenvalue weighted by Gasteiger charge is 2.32. The highest BCUT2D eigenvalue weighted by atomic mass is 19.1. The van der Waals surface area contributed by atoms with Crippen molar-refractivity contribution in [1.29, 1.82) is 0 Å². The first-order valence-electron chi connectivity index (χ1n) is 9.44. The Morgan fingerprint density at radius 3 is 2.86 bits per heavy atom. The quantitative estimate of drug-likeness (QED) is 0.670. The van der Waals surface area contributed by atoms with Crippen molar-refractivity contribution in [3.05, 3.63) is 83.4 Å². The summed E-state index contributed by atoms with van der Waals surface area (Å²) in [6.07, 6.45) is 6.07. The van der Waals surface area contributed by atoms with Gasteiger partial charge >= 0.3 is 0 Å². The van der Waals surface area contributed by atoms with Gasteiger partial charge in [-0.25, -0.2) is 9.37 Å². The summed E-state index contributed by atoms with van der Waals surface area (Å²) in [5.74, 6) is 0.346. The molecule has 1 amide bonds. The summed E-state index contributed by atoms with van der Waals surface area (Å²) in [6.45, 7) is 1.92. The number of halogens is 1. The summed E-state index contributed by atoms with van der Waals surface area (Å²) in [5, 5.41) is 2.77. The van der Waals surface area contributed by atoms with Crippen LogP contribution in [-0.2, 0) is 11.2 Å². The van der Waals surface area contributed by atoms with E-state index >= 15 is 0 Å². The normalized spacial score (nSPS) is 18.0. The lowest BCUT2D eigenvalue weighted by Gasteiger charge is -2.14. The summed E-state index contributed by atoms with van der Waals surface area (Å²) < 4.78 is 21.9. The number of alkyl halides is 1. The van der Waals surface area contributed by atoms with E-state index in [2.05, 4.69) is 10.3 Å². The van der Waals surface area contributed by atoms with Crippen molar-refractivity contribution in [2.75, 3.05) is 7.11 Å². The molecule has 1 heterocycles. The van der Waals surface area contributed by atoms with Crippen LogP contribution in [0.15, 0.2) is 61.1 Å². The van der Waals surface area contributed by atoms with E-state index in [0.717, 1.165) is 22.5 Å². The number of aryl methyl sites for hydroxylation is 1. The van der Waals surface area contributed by atoms with Gasteiger partial charge in [-0.1, -0.05) is 30.3 Å². The minimum atomic E-state index is -1.18. The molecule has 0 aliphatic heterocycles. The Kier molecular flexibility index (Phi) is 5.16. The average molecular weight is 391 g/mol. The lowest BCUT2D eigenvalue weighted by atomic mass is 10.1. The molecule has 0 bridgehead atoms. The Bertz CT molecular complexity index is 1070. The van der Waals surface area contributed by atoms with E-state index in [1.165, 1.54) is 6.08 Å². The van der Waals surface area contributed by atoms with Crippen LogP contribution in [0.5, 0.6) is 5.75 Å². The van der Waals surface area contributed by atoms with Gasteiger partial charge < -0.3 is 14.6 Å². The number of fused-ring (bicyclic) bond motifs is 1. The Balaban J connectivity index is 1.44. The first kappa shape index (κ1) is 18.9. The molecule has 4 rings (SSSR count). The first-order chi connectivity index (χ1) is 14.0. The van der Waals surface area contributed by atoms with Crippen molar-refractivity contribution in [2.45, 2.75) is 25.6 Å². The second-order valence-electron chi connectivity index (χ2n) is 7.11. The van der Waals surface area contributed by atoms with Crippen molar-refractivity contribution in [2.24, 2.45) is 0 Å². The lowest BCUT2D eigenvalue weighted by molar-refractivity contribution is -0.117. The number of nitrogens with zero attached hydrogens (tertiary/aromatic N) is 2. The molecule has 2 aromatic carbocycles. The van der Waals surface area contributed by atoms with E-state index < -0.39 is 12.2 Å². The fraction of sp³-hybridized carbons (Fsp3) is 0.217. The highest BCUT2D eigenvalue weighted by molar-refractivity contribution is 5.92. The van der Waals surface area contributed by atoms with E-state index in [1.807, 2.05) is 54.1 Å². The average Bonchev–Trinajstić information content (AvgIpc) is 3.30. The number of aromatic nitrogens is 2. The molecule has 148 valence electrons. The second kappa shape index (κ2) is 7.91. The predicted octanol–water partition coefficient (Wildman–Crippen LogP) is 3.95. The fourth-order valence-corrected chi connectivity index (χ4v) is 3.64. The molecular formula is C23H22FN3O2. The van der Waals surface area contributed by atoms with Crippen molar-refractivity contribution >= 4 is 12.0 Å². The molecule has 1 unspecified atom stereocenters. The largest absolute Gasteiger partial charge is 0.495 e. The zero-order chi connectivity index (χ0) is 20.4. The van der Waals surface area contributed by atoms with Gasteiger partial charge in [-0.05, 0) is 48.2 Å². The molecule has 3 aromatic rings. The van der Waals surface area contributed by atoms with Crippen molar-refractivity contribution in [3.8, 4) is 11.4 Å². The van der Waals surface area contributed by atoms with Gasteiger partial charge in [-0.15, -0.1) is 0 Å². The molecule has 0 radical (unpaired) electrons. The molecule has 1 N–H and O–H groups in total. The summed E-state index contributed by atoms with van der Waals surface area (Å²) in [7, 11) is 1.60. The maximum absolute atomic E-state index is 14.5. The third-order valence-electron chi connectivity index (χ3n) is 5.09. The van der Waals surface area contributed by atoms with Crippen LogP contribution in [0.4, 0.5) is 4.39 Å². The van der Waals surface area contributed by atoms with Gasteiger partial charge in [0.2, 0.25) is 5.91 Å². The third-order valence-corrected chi connectivity index (χ3v) is 5.09. The molecule has 1 aromatic heterocycles. The van der Waals surface area contributed by atoms with Crippen LogP contribution >= 0.6 is 0 Å². The summed E-state index contributed by atoms with van der Waals surface area (Å²) in [6, 6.07) is 12.5. The number of rotatable bonds is 5. The predicted molar refractivity (Wildman–Crippen MR) is 110 cm³/mol. The number of carbonyl (C=O) groups excluding carboxylic acids is 1. The standard InChI is InChI=1S/C23H22FN3O2/c1-15-13-27(14-25-15)20-9-7-16(11-21(20)29-2)8-10-22(28)26-19-12-17-5-3-4-6-18(17)23(19)24/h3-11,13-14,19,23H,12H2,1-2H3,(H,26,28)/t19-,23?/m1/s1. The smallest absolute Gasteiger partial charge is 0.244 e. The number of hydrogen-bond acceptors (Lipinski definition) is 3. The fourth-order valence-electron chi connectivity index (χ4n) is 3.64. The van der Waals surface area contributed by atoms with E-state index in [0.29, 0.717) is 17.7 Å². The summed E-state index contributed by atoms with van der Waals surface area (Å²) in [5.41, 5.74) is 4.19. The van der Waals surface area contributed by atoms with Crippen LogP contribution < -0.4 is 10.1 Å². The SMILES string of the molecule is COc1cc(C=CC(=O)N[C@@H]2Cc3ccccc3C2F)ccc1-n1cnc(C)c1. The molecule has 0 spiro atoms. The van der Waals surface area contributed by atoms with Crippen LogP contribution in [0.25, 0.3) is 11.8 Å². The van der Waals surface area contributed by atoms with Crippen LogP contribution in [0.2, 0.25) is 0 Å². The van der Waals surface area contributed by atoms with Gasteiger partial charge in [0.1, 0.15) is 11.9 Å². The molecule has 6 heteroatoms. The van der Waals surface area contributed by atoms with Crippen LogP contribution in [0.1, 0.15) is 28.6 Å². The van der Waals surface area contributed by atoms with Gasteiger partial charge in [0.15, 0.2) is 0 Å². The molecule has 0 saturated heterocycles. The molecule has 2 atom stereocenters. The Labute approximate surface area is 168 Å². The van der Waals surface area contributed by atoms with Crippen molar-refractivity contribution < 1.29 is 13.9 Å². The highest BCUT2D eigenvalue weighted by Crippen LogP contribution is 2.34. The number of carbonyl (C=O) groups is 1. The maximum Gasteiger partial charge on any atom is 0.244 e. The summed E-state index contributed by atoms with van der Waals surface area (Å²) in [4.78, 5) is 16.5. The van der Waals surface area contributed by atoms with Gasteiger partial charge in [0.05, 0.1) is 30.9 Å². The minimum absolute atomic E-state index is 0.321. The zero-order valence-electron chi connectivity index (χ0n) is 16.3. The van der Waals surface area contributed by atoms with Crippen LogP contribution in [0, 0.1) is 6.92 Å². The van der Waals surface area contributed by atoms with Crippen molar-refractivity contribution in [3.63, 3.8) is 0 Å². The number of methoxy groups -OCH3 is 1. The molecule has 0 saturated carbocycles. The van der Waals surface area contributed by atoms with Crippen LogP contribution in [-0.4, -0.2) is 28.6 Å². The number of nitrogens with one attached hydrogen (secondary N) is 1.